The highest BCUT2D eigenvalue weighted by atomic mass is 16.5. The summed E-state index contributed by atoms with van der Waals surface area (Å²) in [6.07, 6.45) is 5.17. The number of anilines is 2. The molecule has 1 aromatic rings. The minimum Gasteiger partial charge on any atom is -0.495 e. The smallest absolute Gasteiger partial charge is 0.142 e. The fraction of sp³-hybridized carbons (Fsp3) is 0.625. The number of rotatable bonds is 6. The Bertz CT molecular complexity index is 417. The van der Waals surface area contributed by atoms with Gasteiger partial charge in [-0.2, -0.15) is 0 Å². The zero-order valence-electron chi connectivity index (χ0n) is 12.4. The van der Waals surface area contributed by atoms with Crippen LogP contribution in [0, 0.1) is 5.41 Å². The molecule has 2 N–H and O–H groups in total. The molecule has 1 heterocycles. The molecule has 1 saturated heterocycles. The van der Waals surface area contributed by atoms with Gasteiger partial charge in [-0.1, -0.05) is 26.7 Å². The second kappa shape index (κ2) is 5.72. The van der Waals surface area contributed by atoms with E-state index in [1.807, 2.05) is 18.2 Å². The number of hydrogen-bond donors (Lipinski definition) is 1. The number of methoxy groups -OCH3 is 1. The van der Waals surface area contributed by atoms with Crippen molar-refractivity contribution < 1.29 is 4.74 Å². The first-order valence-corrected chi connectivity index (χ1v) is 7.32. The molecule has 19 heavy (non-hydrogen) atoms. The van der Waals surface area contributed by atoms with Gasteiger partial charge in [-0.25, -0.2) is 0 Å². The van der Waals surface area contributed by atoms with Crippen molar-refractivity contribution in [1.82, 2.24) is 0 Å². The third kappa shape index (κ3) is 2.80. The molecule has 0 amide bonds. The maximum atomic E-state index is 5.90. The van der Waals surface area contributed by atoms with E-state index in [2.05, 4.69) is 18.7 Å². The van der Waals surface area contributed by atoms with Gasteiger partial charge in [0.25, 0.3) is 0 Å². The Morgan fingerprint density at radius 2 is 1.84 bits per heavy atom. The molecule has 0 atom stereocenters. The lowest BCUT2D eigenvalue weighted by atomic mass is 9.72. The summed E-state index contributed by atoms with van der Waals surface area (Å²) in [4.78, 5) is 2.40. The predicted octanol–water partition coefficient (Wildman–Crippen LogP) is 3.68. The summed E-state index contributed by atoms with van der Waals surface area (Å²) in [6.45, 7) is 6.82. The number of nitrogens with two attached hydrogens (primary N) is 1. The fourth-order valence-corrected chi connectivity index (χ4v) is 3.39. The van der Waals surface area contributed by atoms with E-state index in [1.54, 1.807) is 7.11 Å². The Morgan fingerprint density at radius 1 is 1.21 bits per heavy atom. The average molecular weight is 262 g/mol. The Balaban J connectivity index is 2.12. The van der Waals surface area contributed by atoms with Gasteiger partial charge in [0, 0.05) is 24.2 Å². The van der Waals surface area contributed by atoms with E-state index < -0.39 is 0 Å². The summed E-state index contributed by atoms with van der Waals surface area (Å²) < 4.78 is 5.45. The summed E-state index contributed by atoms with van der Waals surface area (Å²) in [5.41, 5.74) is 8.36. The quantitative estimate of drug-likeness (QED) is 0.795. The lowest BCUT2D eigenvalue weighted by Gasteiger charge is -2.52. The van der Waals surface area contributed by atoms with Gasteiger partial charge in [-0.05, 0) is 31.0 Å². The van der Waals surface area contributed by atoms with Crippen LogP contribution in [-0.2, 0) is 0 Å². The van der Waals surface area contributed by atoms with Gasteiger partial charge in [0.05, 0.1) is 12.8 Å². The first kappa shape index (κ1) is 14.0. The molecule has 0 saturated carbocycles. The number of nitrogens with zero attached hydrogens (tertiary/aromatic N) is 1. The van der Waals surface area contributed by atoms with Gasteiger partial charge in [0.1, 0.15) is 5.75 Å². The highest BCUT2D eigenvalue weighted by Crippen LogP contribution is 2.44. The molecule has 3 nitrogen and oxygen atoms in total. The van der Waals surface area contributed by atoms with Crippen LogP contribution in [-0.4, -0.2) is 20.2 Å². The Kier molecular flexibility index (Phi) is 4.23. The van der Waals surface area contributed by atoms with Crippen molar-refractivity contribution in [1.29, 1.82) is 0 Å². The van der Waals surface area contributed by atoms with Gasteiger partial charge in [-0.15, -0.1) is 0 Å². The summed E-state index contributed by atoms with van der Waals surface area (Å²) in [5.74, 6) is 0.927. The molecule has 0 spiro atoms. The van der Waals surface area contributed by atoms with E-state index in [0.29, 0.717) is 5.41 Å². The normalized spacial score (nSPS) is 17.1. The summed E-state index contributed by atoms with van der Waals surface area (Å²) >= 11 is 0. The maximum absolute atomic E-state index is 5.90. The van der Waals surface area contributed by atoms with Crippen molar-refractivity contribution in [3.05, 3.63) is 18.2 Å². The van der Waals surface area contributed by atoms with Gasteiger partial charge < -0.3 is 15.4 Å². The molecule has 0 unspecified atom stereocenters. The van der Waals surface area contributed by atoms with E-state index in [1.165, 1.54) is 25.7 Å². The first-order chi connectivity index (χ1) is 9.14. The van der Waals surface area contributed by atoms with Crippen molar-refractivity contribution in [2.45, 2.75) is 39.5 Å². The zero-order chi connectivity index (χ0) is 13.9. The number of benzene rings is 1. The minimum atomic E-state index is 0.513. The molecule has 1 aliphatic heterocycles. The van der Waals surface area contributed by atoms with Gasteiger partial charge >= 0.3 is 0 Å². The van der Waals surface area contributed by atoms with Gasteiger partial charge in [0.15, 0.2) is 0 Å². The van der Waals surface area contributed by atoms with E-state index >= 15 is 0 Å². The highest BCUT2D eigenvalue weighted by molar-refractivity contribution is 5.66. The van der Waals surface area contributed by atoms with Crippen LogP contribution in [0.3, 0.4) is 0 Å². The molecule has 106 valence electrons. The molecule has 0 aromatic heterocycles. The Morgan fingerprint density at radius 3 is 2.37 bits per heavy atom. The minimum absolute atomic E-state index is 0.513. The van der Waals surface area contributed by atoms with Crippen LogP contribution >= 0.6 is 0 Å². The third-order valence-electron chi connectivity index (χ3n) is 4.16. The number of nitrogen functional groups attached to an aromatic ring is 1. The van der Waals surface area contributed by atoms with E-state index in [-0.39, 0.29) is 0 Å². The molecule has 0 radical (unpaired) electrons. The molecule has 1 fully saturated rings. The standard InChI is InChI=1S/C16H26N2O/c1-4-8-16(9-5-2)11-18(12-16)14-10-13(17)6-7-15(14)19-3/h6-7,10H,4-5,8-9,11-12,17H2,1-3H3. The molecular formula is C16H26N2O. The SMILES string of the molecule is CCCC1(CCC)CN(c2cc(N)ccc2OC)C1. The van der Waals surface area contributed by atoms with Crippen LogP contribution in [0.1, 0.15) is 39.5 Å². The lowest BCUT2D eigenvalue weighted by Crippen LogP contribution is -2.56. The van der Waals surface area contributed by atoms with Crippen molar-refractivity contribution in [3.63, 3.8) is 0 Å². The van der Waals surface area contributed by atoms with Crippen LogP contribution < -0.4 is 15.4 Å². The topological polar surface area (TPSA) is 38.5 Å². The van der Waals surface area contributed by atoms with Crippen LogP contribution in [0.25, 0.3) is 0 Å². The second-order valence-electron chi connectivity index (χ2n) is 5.79. The van der Waals surface area contributed by atoms with E-state index in [0.717, 1.165) is 30.2 Å². The zero-order valence-corrected chi connectivity index (χ0v) is 12.4. The van der Waals surface area contributed by atoms with Crippen LogP contribution in [0.4, 0.5) is 11.4 Å². The largest absolute Gasteiger partial charge is 0.495 e. The van der Waals surface area contributed by atoms with Crippen molar-refractivity contribution in [3.8, 4) is 5.75 Å². The Hall–Kier alpha value is -1.38. The van der Waals surface area contributed by atoms with E-state index in [4.69, 9.17) is 10.5 Å². The van der Waals surface area contributed by atoms with Crippen LogP contribution in [0.2, 0.25) is 0 Å². The number of hydrogen-bond acceptors (Lipinski definition) is 3. The maximum Gasteiger partial charge on any atom is 0.142 e. The highest BCUT2D eigenvalue weighted by Gasteiger charge is 2.42. The molecule has 2 rings (SSSR count). The van der Waals surface area contributed by atoms with Crippen molar-refractivity contribution in [2.24, 2.45) is 5.41 Å². The summed E-state index contributed by atoms with van der Waals surface area (Å²) in [6, 6.07) is 5.89. The molecule has 1 aliphatic rings. The summed E-state index contributed by atoms with van der Waals surface area (Å²) in [7, 11) is 1.72. The van der Waals surface area contributed by atoms with Crippen molar-refractivity contribution >= 4 is 11.4 Å². The van der Waals surface area contributed by atoms with Crippen LogP contribution in [0.5, 0.6) is 5.75 Å². The molecule has 0 bridgehead atoms. The first-order valence-electron chi connectivity index (χ1n) is 7.32. The fourth-order valence-electron chi connectivity index (χ4n) is 3.39. The predicted molar refractivity (Wildman–Crippen MR) is 81.9 cm³/mol. The molecule has 3 heteroatoms. The second-order valence-corrected chi connectivity index (χ2v) is 5.79. The molecule has 1 aromatic carbocycles. The lowest BCUT2D eigenvalue weighted by molar-refractivity contribution is 0.172. The van der Waals surface area contributed by atoms with E-state index in [9.17, 15) is 0 Å². The number of ether oxygens (including phenoxy) is 1. The molecular weight excluding hydrogens is 236 g/mol. The molecule has 0 aliphatic carbocycles. The van der Waals surface area contributed by atoms with Gasteiger partial charge in [-0.3, -0.25) is 0 Å². The van der Waals surface area contributed by atoms with Gasteiger partial charge in [0.2, 0.25) is 0 Å². The average Bonchev–Trinajstić information content (AvgIpc) is 2.35. The summed E-state index contributed by atoms with van der Waals surface area (Å²) in [5, 5.41) is 0. The Labute approximate surface area is 116 Å². The van der Waals surface area contributed by atoms with Crippen LogP contribution in [0.15, 0.2) is 18.2 Å². The monoisotopic (exact) mass is 262 g/mol. The third-order valence-corrected chi connectivity index (χ3v) is 4.16. The van der Waals surface area contributed by atoms with Crippen molar-refractivity contribution in [2.75, 3.05) is 30.8 Å².